The monoisotopic (exact) mass is 401 g/mol. The minimum atomic E-state index is -0.849. The Bertz CT molecular complexity index is 903. The van der Waals surface area contributed by atoms with Crippen LogP contribution in [0.3, 0.4) is 0 Å². The average molecular weight is 401 g/mol. The number of ether oxygens (including phenoxy) is 1. The molecule has 0 unspecified atom stereocenters. The van der Waals surface area contributed by atoms with Gasteiger partial charge in [-0.25, -0.2) is 4.79 Å². The molecule has 0 bridgehead atoms. The first-order valence-corrected chi connectivity index (χ1v) is 9.64. The molecule has 0 atom stereocenters. The van der Waals surface area contributed by atoms with E-state index in [1.54, 1.807) is 41.5 Å². The molecule has 4 amide bonds. The lowest BCUT2D eigenvalue weighted by Gasteiger charge is -2.30. The molecule has 3 rings (SSSR count). The van der Waals surface area contributed by atoms with Gasteiger partial charge in [0.1, 0.15) is 5.00 Å². The Morgan fingerprint density at radius 2 is 1.71 bits per heavy atom. The molecule has 2 N–H and O–H groups in total. The number of alkyl carbamates (subject to hydrolysis) is 1. The number of carbonyl (C=O) groups excluding carboxylic acids is 4. The quantitative estimate of drug-likeness (QED) is 0.802. The molecule has 1 aromatic carbocycles. The molecule has 2 aromatic rings. The Labute approximate surface area is 165 Å². The molecule has 8 nitrogen and oxygen atoms in total. The van der Waals surface area contributed by atoms with Gasteiger partial charge >= 0.3 is 6.09 Å². The summed E-state index contributed by atoms with van der Waals surface area (Å²) in [5, 5.41) is 6.69. The number of thiophene rings is 1. The van der Waals surface area contributed by atoms with Crippen molar-refractivity contribution in [2.45, 2.75) is 13.3 Å². The average Bonchev–Trinajstić information content (AvgIpc) is 3.08. The van der Waals surface area contributed by atoms with Crippen molar-refractivity contribution < 1.29 is 23.9 Å². The second kappa shape index (κ2) is 8.66. The van der Waals surface area contributed by atoms with Crippen LogP contribution in [-0.4, -0.2) is 48.4 Å². The van der Waals surface area contributed by atoms with Crippen LogP contribution < -0.4 is 10.6 Å². The number of benzene rings is 1. The van der Waals surface area contributed by atoms with E-state index in [0.717, 1.165) is 30.8 Å². The standard InChI is InChI=1S/C19H19N3O5S/c1-2-27-19(26)21-16(24)14-8-11-28-17(14)20-15(23)12-4-6-13(7-5-12)18(25)22-9-3-10-22/h4-8,11H,2-3,9-10H2,1H3,(H,20,23)(H,21,24,26). The number of carbonyl (C=O) groups is 4. The van der Waals surface area contributed by atoms with Gasteiger partial charge in [0, 0.05) is 24.2 Å². The van der Waals surface area contributed by atoms with Crippen LogP contribution in [0.5, 0.6) is 0 Å². The lowest BCUT2D eigenvalue weighted by Crippen LogP contribution is -2.42. The van der Waals surface area contributed by atoms with Crippen LogP contribution in [0, 0.1) is 0 Å². The Morgan fingerprint density at radius 1 is 1.04 bits per heavy atom. The molecule has 0 aliphatic carbocycles. The van der Waals surface area contributed by atoms with Crippen LogP contribution in [0.15, 0.2) is 35.7 Å². The number of imide groups is 1. The Morgan fingerprint density at radius 3 is 2.32 bits per heavy atom. The van der Waals surface area contributed by atoms with Crippen LogP contribution in [-0.2, 0) is 4.74 Å². The Kier molecular flexibility index (Phi) is 6.05. The highest BCUT2D eigenvalue weighted by atomic mass is 32.1. The summed E-state index contributed by atoms with van der Waals surface area (Å²) in [7, 11) is 0. The molecule has 1 aromatic heterocycles. The summed E-state index contributed by atoms with van der Waals surface area (Å²) < 4.78 is 4.67. The summed E-state index contributed by atoms with van der Waals surface area (Å²) in [6.07, 6.45) is 0.164. The number of nitrogens with zero attached hydrogens (tertiary/aromatic N) is 1. The normalized spacial score (nSPS) is 12.7. The van der Waals surface area contributed by atoms with Crippen LogP contribution >= 0.6 is 11.3 Å². The van der Waals surface area contributed by atoms with Crippen LogP contribution in [0.4, 0.5) is 9.80 Å². The highest BCUT2D eigenvalue weighted by molar-refractivity contribution is 7.14. The highest BCUT2D eigenvalue weighted by Gasteiger charge is 2.22. The van der Waals surface area contributed by atoms with Crippen molar-refractivity contribution in [3.63, 3.8) is 0 Å². The zero-order valence-electron chi connectivity index (χ0n) is 15.2. The van der Waals surface area contributed by atoms with E-state index >= 15 is 0 Å². The molecule has 1 saturated heterocycles. The van der Waals surface area contributed by atoms with E-state index in [4.69, 9.17) is 0 Å². The summed E-state index contributed by atoms with van der Waals surface area (Å²) in [5.74, 6) is -1.13. The van der Waals surface area contributed by atoms with E-state index < -0.39 is 17.9 Å². The minimum absolute atomic E-state index is 0.0469. The van der Waals surface area contributed by atoms with Crippen molar-refractivity contribution in [2.75, 3.05) is 25.0 Å². The van der Waals surface area contributed by atoms with Crippen molar-refractivity contribution in [3.8, 4) is 0 Å². The minimum Gasteiger partial charge on any atom is -0.450 e. The Balaban J connectivity index is 1.65. The molecule has 146 valence electrons. The first kappa shape index (κ1) is 19.6. The number of hydrogen-bond donors (Lipinski definition) is 2. The van der Waals surface area contributed by atoms with Gasteiger partial charge in [0.05, 0.1) is 12.2 Å². The van der Waals surface area contributed by atoms with Gasteiger partial charge in [-0.2, -0.15) is 0 Å². The van der Waals surface area contributed by atoms with Crippen molar-refractivity contribution in [1.82, 2.24) is 10.2 Å². The summed E-state index contributed by atoms with van der Waals surface area (Å²) in [6.45, 7) is 3.29. The van der Waals surface area contributed by atoms with E-state index in [0.29, 0.717) is 16.1 Å². The van der Waals surface area contributed by atoms with E-state index in [1.165, 1.54) is 6.07 Å². The number of likely N-dealkylation sites (tertiary alicyclic amines) is 1. The van der Waals surface area contributed by atoms with Gasteiger partial charge in [-0.3, -0.25) is 19.7 Å². The molecule has 28 heavy (non-hydrogen) atoms. The van der Waals surface area contributed by atoms with Gasteiger partial charge < -0.3 is 15.0 Å². The lowest BCUT2D eigenvalue weighted by molar-refractivity contribution is 0.0651. The number of anilines is 1. The third kappa shape index (κ3) is 4.37. The maximum Gasteiger partial charge on any atom is 0.414 e. The lowest BCUT2D eigenvalue weighted by atomic mass is 10.1. The Hall–Kier alpha value is -3.20. The molecular weight excluding hydrogens is 382 g/mol. The fraction of sp³-hybridized carbons (Fsp3) is 0.263. The molecule has 0 spiro atoms. The smallest absolute Gasteiger partial charge is 0.414 e. The molecule has 0 radical (unpaired) electrons. The zero-order valence-corrected chi connectivity index (χ0v) is 16.0. The van der Waals surface area contributed by atoms with E-state index in [-0.39, 0.29) is 18.1 Å². The number of rotatable bonds is 5. The second-order valence-electron chi connectivity index (χ2n) is 6.02. The molecule has 1 fully saturated rings. The first-order valence-electron chi connectivity index (χ1n) is 8.76. The van der Waals surface area contributed by atoms with Crippen LogP contribution in [0.1, 0.15) is 44.4 Å². The summed E-state index contributed by atoms with van der Waals surface area (Å²) in [5.41, 5.74) is 1.04. The predicted molar refractivity (Wildman–Crippen MR) is 104 cm³/mol. The summed E-state index contributed by atoms with van der Waals surface area (Å²) >= 11 is 1.16. The fourth-order valence-corrected chi connectivity index (χ4v) is 3.33. The van der Waals surface area contributed by atoms with E-state index in [2.05, 4.69) is 15.4 Å². The van der Waals surface area contributed by atoms with Gasteiger partial charge in [0.15, 0.2) is 0 Å². The molecule has 9 heteroatoms. The molecule has 0 saturated carbocycles. The SMILES string of the molecule is CCOC(=O)NC(=O)c1ccsc1NC(=O)c1ccc(C(=O)N2CCC2)cc1. The predicted octanol–water partition coefficient (Wildman–Crippen LogP) is 2.73. The van der Waals surface area contributed by atoms with Gasteiger partial charge in [0.2, 0.25) is 0 Å². The maximum absolute atomic E-state index is 12.5. The van der Waals surface area contributed by atoms with Gasteiger partial charge in [0.25, 0.3) is 17.7 Å². The third-order valence-electron chi connectivity index (χ3n) is 4.17. The molecule has 1 aliphatic rings. The van der Waals surface area contributed by atoms with Gasteiger partial charge in [-0.1, -0.05) is 0 Å². The second-order valence-corrected chi connectivity index (χ2v) is 6.93. The fourth-order valence-electron chi connectivity index (χ4n) is 2.55. The number of amides is 4. The van der Waals surface area contributed by atoms with Crippen molar-refractivity contribution in [2.24, 2.45) is 0 Å². The van der Waals surface area contributed by atoms with E-state index in [9.17, 15) is 19.2 Å². The molecule has 2 heterocycles. The van der Waals surface area contributed by atoms with Crippen LogP contribution in [0.2, 0.25) is 0 Å². The topological polar surface area (TPSA) is 105 Å². The largest absolute Gasteiger partial charge is 0.450 e. The maximum atomic E-state index is 12.5. The first-order chi connectivity index (χ1) is 13.5. The summed E-state index contributed by atoms with van der Waals surface area (Å²) in [4.78, 5) is 49.9. The number of hydrogen-bond acceptors (Lipinski definition) is 6. The molecule has 1 aliphatic heterocycles. The molecular formula is C19H19N3O5S. The van der Waals surface area contributed by atoms with Crippen LogP contribution in [0.25, 0.3) is 0 Å². The summed E-state index contributed by atoms with van der Waals surface area (Å²) in [6, 6.07) is 7.85. The van der Waals surface area contributed by atoms with Crippen molar-refractivity contribution in [3.05, 3.63) is 52.4 Å². The highest BCUT2D eigenvalue weighted by Crippen LogP contribution is 2.24. The van der Waals surface area contributed by atoms with Crippen molar-refractivity contribution >= 4 is 40.2 Å². The number of nitrogens with one attached hydrogen (secondary N) is 2. The zero-order chi connectivity index (χ0) is 20.1. The van der Waals surface area contributed by atoms with Gasteiger partial charge in [-0.05, 0) is 49.1 Å². The third-order valence-corrected chi connectivity index (χ3v) is 5.00. The van der Waals surface area contributed by atoms with E-state index in [1.807, 2.05) is 0 Å². The van der Waals surface area contributed by atoms with Crippen molar-refractivity contribution in [1.29, 1.82) is 0 Å². The van der Waals surface area contributed by atoms with Gasteiger partial charge in [-0.15, -0.1) is 11.3 Å².